The van der Waals surface area contributed by atoms with Crippen molar-refractivity contribution in [3.05, 3.63) is 0 Å². The molecule has 96 valence electrons. The molecule has 0 aromatic heterocycles. The number of piperidine rings is 1. The Hall–Kier alpha value is -0.170. The second kappa shape index (κ2) is 5.95. The van der Waals surface area contributed by atoms with Gasteiger partial charge in [-0.15, -0.1) is 0 Å². The van der Waals surface area contributed by atoms with Crippen molar-refractivity contribution in [2.45, 2.75) is 38.3 Å². The van der Waals surface area contributed by atoms with E-state index < -0.39 is 10.0 Å². The molecule has 0 amide bonds. The average Bonchev–Trinajstić information content (AvgIpc) is 2.15. The second-order valence-corrected chi connectivity index (χ2v) is 6.33. The fourth-order valence-electron chi connectivity index (χ4n) is 2.05. The Labute approximate surface area is 97.9 Å². The van der Waals surface area contributed by atoms with Crippen LogP contribution in [0.4, 0.5) is 0 Å². The Bertz CT molecular complexity index is 305. The molecule has 1 aliphatic rings. The number of aliphatic hydroxyl groups is 1. The molecule has 0 spiro atoms. The Morgan fingerprint density at radius 2 is 2.25 bits per heavy atom. The van der Waals surface area contributed by atoms with Crippen LogP contribution in [-0.4, -0.2) is 56.5 Å². The highest BCUT2D eigenvalue weighted by molar-refractivity contribution is 7.88. The van der Waals surface area contributed by atoms with Gasteiger partial charge in [0.2, 0.25) is 10.0 Å². The van der Waals surface area contributed by atoms with Crippen molar-refractivity contribution < 1.29 is 13.5 Å². The third-order valence-corrected chi connectivity index (χ3v) is 3.59. The summed E-state index contributed by atoms with van der Waals surface area (Å²) in [7, 11) is -3.12. The lowest BCUT2D eigenvalue weighted by atomic mass is 10.1. The van der Waals surface area contributed by atoms with E-state index in [1.165, 1.54) is 6.26 Å². The fourth-order valence-corrected chi connectivity index (χ4v) is 2.85. The molecule has 1 saturated heterocycles. The summed E-state index contributed by atoms with van der Waals surface area (Å²) in [5, 5.41) is 9.55. The summed E-state index contributed by atoms with van der Waals surface area (Å²) in [6.07, 6.45) is 3.47. The largest absolute Gasteiger partial charge is 0.392 e. The van der Waals surface area contributed by atoms with Gasteiger partial charge in [0.15, 0.2) is 0 Å². The van der Waals surface area contributed by atoms with Crippen LogP contribution in [0.15, 0.2) is 0 Å². The quantitative estimate of drug-likeness (QED) is 0.707. The van der Waals surface area contributed by atoms with Gasteiger partial charge in [0.25, 0.3) is 0 Å². The zero-order chi connectivity index (χ0) is 12.2. The highest BCUT2D eigenvalue weighted by Crippen LogP contribution is 2.11. The van der Waals surface area contributed by atoms with Crippen molar-refractivity contribution in [1.82, 2.24) is 9.62 Å². The van der Waals surface area contributed by atoms with Gasteiger partial charge in [-0.25, -0.2) is 13.1 Å². The van der Waals surface area contributed by atoms with E-state index >= 15 is 0 Å². The summed E-state index contributed by atoms with van der Waals surface area (Å²) in [6, 6.07) is -0.00666. The lowest BCUT2D eigenvalue weighted by molar-refractivity contribution is 0.0917. The minimum atomic E-state index is -3.12. The standard InChI is InChI=1S/C10H22N2O3S/c1-3-10(13)8-12-6-4-5-9(7-12)11-16(2,14)15/h9-11,13H,3-8H2,1-2H3. The number of rotatable bonds is 5. The molecule has 1 heterocycles. The molecule has 1 fully saturated rings. The lowest BCUT2D eigenvalue weighted by Crippen LogP contribution is -2.49. The molecule has 6 heteroatoms. The van der Waals surface area contributed by atoms with Crippen molar-refractivity contribution >= 4 is 10.0 Å². The van der Waals surface area contributed by atoms with E-state index in [9.17, 15) is 13.5 Å². The van der Waals surface area contributed by atoms with Crippen LogP contribution >= 0.6 is 0 Å². The first-order valence-corrected chi connectivity index (χ1v) is 7.67. The number of sulfonamides is 1. The van der Waals surface area contributed by atoms with Crippen LogP contribution in [0.1, 0.15) is 26.2 Å². The molecule has 2 N–H and O–H groups in total. The summed E-state index contributed by atoms with van der Waals surface area (Å²) in [5.74, 6) is 0. The summed E-state index contributed by atoms with van der Waals surface area (Å²) in [6.45, 7) is 4.22. The molecule has 2 atom stereocenters. The molecule has 0 saturated carbocycles. The van der Waals surface area contributed by atoms with E-state index in [4.69, 9.17) is 0 Å². The van der Waals surface area contributed by atoms with Gasteiger partial charge >= 0.3 is 0 Å². The fraction of sp³-hybridized carbons (Fsp3) is 1.00. The SMILES string of the molecule is CCC(O)CN1CCCC(NS(C)(=O)=O)C1. The Balaban J connectivity index is 2.41. The van der Waals surface area contributed by atoms with Crippen LogP contribution < -0.4 is 4.72 Å². The average molecular weight is 250 g/mol. The highest BCUT2D eigenvalue weighted by Gasteiger charge is 2.23. The maximum atomic E-state index is 11.1. The van der Waals surface area contributed by atoms with Gasteiger partial charge in [-0.1, -0.05) is 6.92 Å². The van der Waals surface area contributed by atoms with Crippen LogP contribution in [0.5, 0.6) is 0 Å². The van der Waals surface area contributed by atoms with Crippen LogP contribution in [0.25, 0.3) is 0 Å². The zero-order valence-electron chi connectivity index (χ0n) is 10.0. The van der Waals surface area contributed by atoms with Crippen LogP contribution in [0.3, 0.4) is 0 Å². The minimum Gasteiger partial charge on any atom is -0.392 e. The van der Waals surface area contributed by atoms with Gasteiger partial charge in [-0.2, -0.15) is 0 Å². The van der Waals surface area contributed by atoms with Gasteiger partial charge in [0, 0.05) is 19.1 Å². The minimum absolute atomic E-state index is 0.00666. The van der Waals surface area contributed by atoms with Crippen LogP contribution in [0.2, 0.25) is 0 Å². The molecule has 16 heavy (non-hydrogen) atoms. The predicted molar refractivity (Wildman–Crippen MR) is 63.7 cm³/mol. The summed E-state index contributed by atoms with van der Waals surface area (Å²) >= 11 is 0. The molecule has 0 aliphatic carbocycles. The van der Waals surface area contributed by atoms with E-state index in [2.05, 4.69) is 9.62 Å². The van der Waals surface area contributed by atoms with E-state index in [1.807, 2.05) is 6.92 Å². The third-order valence-electron chi connectivity index (χ3n) is 2.83. The highest BCUT2D eigenvalue weighted by atomic mass is 32.2. The smallest absolute Gasteiger partial charge is 0.208 e. The number of nitrogens with zero attached hydrogens (tertiary/aromatic N) is 1. The van der Waals surface area contributed by atoms with Crippen molar-refractivity contribution in [3.8, 4) is 0 Å². The molecule has 0 aromatic carbocycles. The number of nitrogens with one attached hydrogen (secondary N) is 1. The number of aliphatic hydroxyl groups excluding tert-OH is 1. The number of β-amino-alcohol motifs (C(OH)–C–C–N with tert-alkyl or cyclic N) is 1. The first-order valence-electron chi connectivity index (χ1n) is 5.78. The summed E-state index contributed by atoms with van der Waals surface area (Å²) in [5.41, 5.74) is 0. The van der Waals surface area contributed by atoms with Crippen LogP contribution in [0, 0.1) is 0 Å². The van der Waals surface area contributed by atoms with Crippen molar-refractivity contribution in [2.75, 3.05) is 25.9 Å². The zero-order valence-corrected chi connectivity index (χ0v) is 10.8. The molecule has 5 nitrogen and oxygen atoms in total. The maximum Gasteiger partial charge on any atom is 0.208 e. The molecule has 2 unspecified atom stereocenters. The van der Waals surface area contributed by atoms with Gasteiger partial charge in [-0.05, 0) is 25.8 Å². The Morgan fingerprint density at radius 3 is 2.81 bits per heavy atom. The van der Waals surface area contributed by atoms with Gasteiger partial charge in [0.1, 0.15) is 0 Å². The molecule has 0 radical (unpaired) electrons. The van der Waals surface area contributed by atoms with Crippen LogP contribution in [-0.2, 0) is 10.0 Å². The lowest BCUT2D eigenvalue weighted by Gasteiger charge is -2.33. The van der Waals surface area contributed by atoms with E-state index in [0.717, 1.165) is 25.8 Å². The van der Waals surface area contributed by atoms with E-state index in [0.29, 0.717) is 13.1 Å². The topological polar surface area (TPSA) is 69.6 Å². The Kier molecular flexibility index (Phi) is 5.17. The number of likely N-dealkylation sites (tertiary alicyclic amines) is 1. The summed E-state index contributed by atoms with van der Waals surface area (Å²) < 4.78 is 24.8. The number of hydrogen-bond donors (Lipinski definition) is 2. The second-order valence-electron chi connectivity index (χ2n) is 4.55. The normalized spacial score (nSPS) is 25.6. The Morgan fingerprint density at radius 1 is 1.56 bits per heavy atom. The van der Waals surface area contributed by atoms with Gasteiger partial charge < -0.3 is 5.11 Å². The maximum absolute atomic E-state index is 11.1. The molecule has 1 rings (SSSR count). The number of hydrogen-bond acceptors (Lipinski definition) is 4. The molecular weight excluding hydrogens is 228 g/mol. The first kappa shape index (κ1) is 13.9. The van der Waals surface area contributed by atoms with E-state index in [-0.39, 0.29) is 12.1 Å². The van der Waals surface area contributed by atoms with Gasteiger partial charge in [0.05, 0.1) is 12.4 Å². The monoisotopic (exact) mass is 250 g/mol. The summed E-state index contributed by atoms with van der Waals surface area (Å²) in [4.78, 5) is 2.13. The van der Waals surface area contributed by atoms with Crippen molar-refractivity contribution in [3.63, 3.8) is 0 Å². The molecule has 0 aromatic rings. The van der Waals surface area contributed by atoms with Crippen molar-refractivity contribution in [1.29, 1.82) is 0 Å². The van der Waals surface area contributed by atoms with Gasteiger partial charge in [-0.3, -0.25) is 4.90 Å². The molecule has 0 bridgehead atoms. The molecule has 1 aliphatic heterocycles. The van der Waals surface area contributed by atoms with E-state index in [1.54, 1.807) is 0 Å². The van der Waals surface area contributed by atoms with Crippen molar-refractivity contribution in [2.24, 2.45) is 0 Å². The predicted octanol–water partition coefficient (Wildman–Crippen LogP) is -0.229. The first-order chi connectivity index (χ1) is 7.40. The third kappa shape index (κ3) is 5.25. The molecular formula is C10H22N2O3S.